The fourth-order valence-corrected chi connectivity index (χ4v) is 5.81. The molecule has 0 aliphatic carbocycles. The predicted molar refractivity (Wildman–Crippen MR) is 218 cm³/mol. The SMILES string of the molecule is CC(C)(C)c1nc(N(c2[c-]cccc2)c2nccn2-c2ccccc2)nc(C(C)(C)C)n1.[CH2-]c1ccc2c(oc3ccccc32)c1/C(C)=C/C=C\C=[N-].[Ir+3]. The second kappa shape index (κ2) is 16.6. The van der Waals surface area contributed by atoms with E-state index in [0.29, 0.717) is 11.9 Å². The molecular weight excluding hydrogens is 847 g/mol. The van der Waals surface area contributed by atoms with E-state index in [9.17, 15) is 0 Å². The molecule has 0 aliphatic rings. The molecule has 0 amide bonds. The molecule has 0 fully saturated rings. The van der Waals surface area contributed by atoms with Crippen LogP contribution < -0.4 is 4.90 Å². The van der Waals surface area contributed by atoms with Crippen LogP contribution in [0.15, 0.2) is 126 Å². The minimum atomic E-state index is -0.237. The summed E-state index contributed by atoms with van der Waals surface area (Å²) in [6.07, 6.45) is 10.0. The van der Waals surface area contributed by atoms with Gasteiger partial charge in [0.1, 0.15) is 17.2 Å². The summed E-state index contributed by atoms with van der Waals surface area (Å²) >= 11 is 0. The molecule has 0 saturated heterocycles. The van der Waals surface area contributed by atoms with E-state index in [1.54, 1.807) is 18.3 Å². The molecule has 4 aromatic carbocycles. The van der Waals surface area contributed by atoms with E-state index >= 15 is 0 Å². The molecule has 8 nitrogen and oxygen atoms in total. The Labute approximate surface area is 331 Å². The molecule has 0 N–H and O–H groups in total. The molecule has 0 unspecified atom stereocenters. The van der Waals surface area contributed by atoms with Crippen molar-refractivity contribution >= 4 is 51.3 Å². The summed E-state index contributed by atoms with van der Waals surface area (Å²) in [4.78, 5) is 21.3. The number of imidazole rings is 1. The van der Waals surface area contributed by atoms with Gasteiger partial charge in [0, 0.05) is 39.7 Å². The summed E-state index contributed by atoms with van der Waals surface area (Å²) in [5.74, 6) is 2.70. The van der Waals surface area contributed by atoms with Gasteiger partial charge in [-0.3, -0.25) is 9.47 Å². The molecule has 0 bridgehead atoms. The standard InChI is InChI=1S/C26H29N6.C19H15NO.Ir/c1-25(2,3)21-28-22(26(4,5)6)30-23(29-21)32(20-15-11-8-12-16-20)24-27-17-18-31(24)19-13-9-7-10-14-19;1-13(7-5-6-12-20)18-14(2)10-11-16-15-8-3-4-9-17(15)21-19(16)18;/h7-15,17-18H,1-6H3;3-12H,2H2,1H3;/q-1;-2;+3/b;6-5-,13-7+;. The van der Waals surface area contributed by atoms with E-state index in [0.717, 1.165) is 67.9 Å². The van der Waals surface area contributed by atoms with Gasteiger partial charge in [-0.25, -0.2) is 9.97 Å². The molecule has 0 radical (unpaired) electrons. The average Bonchev–Trinajstić information content (AvgIpc) is 3.77. The van der Waals surface area contributed by atoms with Crippen LogP contribution in [-0.4, -0.2) is 30.7 Å². The van der Waals surface area contributed by atoms with E-state index in [4.69, 9.17) is 29.8 Å². The number of anilines is 3. The maximum atomic E-state index is 8.70. The zero-order chi connectivity index (χ0) is 37.8. The van der Waals surface area contributed by atoms with Crippen molar-refractivity contribution in [2.45, 2.75) is 59.3 Å². The van der Waals surface area contributed by atoms with Gasteiger partial charge in [0.05, 0.1) is 5.58 Å². The number of benzene rings is 4. The Morgan fingerprint density at radius 2 is 1.48 bits per heavy atom. The van der Waals surface area contributed by atoms with Gasteiger partial charge in [0.25, 0.3) is 0 Å². The van der Waals surface area contributed by atoms with Crippen molar-refractivity contribution in [3.8, 4) is 5.69 Å². The third kappa shape index (κ3) is 8.60. The molecule has 0 saturated carbocycles. The number of para-hydroxylation sites is 3. The Balaban J connectivity index is 0.000000221. The fraction of sp³-hybridized carbons (Fsp3) is 0.200. The van der Waals surface area contributed by atoms with Crippen molar-refractivity contribution in [1.29, 1.82) is 0 Å². The van der Waals surface area contributed by atoms with Gasteiger partial charge in [0.2, 0.25) is 11.9 Å². The van der Waals surface area contributed by atoms with Crippen LogP contribution >= 0.6 is 0 Å². The minimum absolute atomic E-state index is 0. The number of nitrogens with zero attached hydrogens (tertiary/aromatic N) is 7. The first-order chi connectivity index (χ1) is 25.4. The zero-order valence-electron chi connectivity index (χ0n) is 31.7. The van der Waals surface area contributed by atoms with Crippen LogP contribution in [0.2, 0.25) is 0 Å². The van der Waals surface area contributed by atoms with Crippen LogP contribution in [0, 0.1) is 13.0 Å². The summed E-state index contributed by atoms with van der Waals surface area (Å²) in [5, 5.41) is 10.9. The molecule has 7 aromatic rings. The van der Waals surface area contributed by atoms with Crippen LogP contribution in [0.4, 0.5) is 17.6 Å². The molecule has 274 valence electrons. The second-order valence-electron chi connectivity index (χ2n) is 14.8. The fourth-order valence-electron chi connectivity index (χ4n) is 5.81. The van der Waals surface area contributed by atoms with Gasteiger partial charge in [-0.2, -0.15) is 59.0 Å². The van der Waals surface area contributed by atoms with E-state index in [2.05, 4.69) is 66.7 Å². The minimum Gasteiger partial charge on any atom is -0.811 e. The summed E-state index contributed by atoms with van der Waals surface area (Å²) in [7, 11) is 0. The molecule has 7 rings (SSSR count). The van der Waals surface area contributed by atoms with Gasteiger partial charge in [-0.15, -0.1) is 12.1 Å². The number of allylic oxidation sites excluding steroid dienone is 4. The molecule has 0 spiro atoms. The average molecular weight is 891 g/mol. The molecule has 3 heterocycles. The number of hydrogen-bond donors (Lipinski definition) is 0. The Hall–Kier alpha value is -5.63. The van der Waals surface area contributed by atoms with Crippen molar-refractivity contribution < 1.29 is 24.5 Å². The number of fused-ring (bicyclic) bond motifs is 3. The van der Waals surface area contributed by atoms with E-state index in [1.807, 2.05) is 108 Å². The second-order valence-corrected chi connectivity index (χ2v) is 14.8. The summed E-state index contributed by atoms with van der Waals surface area (Å²) in [6.45, 7) is 18.8. The van der Waals surface area contributed by atoms with Crippen molar-refractivity contribution in [2.24, 2.45) is 0 Å². The number of aromatic nitrogens is 5. The normalized spacial score (nSPS) is 12.0. The zero-order valence-corrected chi connectivity index (χ0v) is 34.1. The Kier molecular flexibility index (Phi) is 12.2. The third-order valence-electron chi connectivity index (χ3n) is 8.53. The smallest absolute Gasteiger partial charge is 0.811 e. The number of furan rings is 1. The number of rotatable bonds is 7. The van der Waals surface area contributed by atoms with Crippen LogP contribution in [0.25, 0.3) is 38.6 Å². The summed E-state index contributed by atoms with van der Waals surface area (Å²) in [6, 6.07) is 33.3. The van der Waals surface area contributed by atoms with E-state index in [1.165, 1.54) is 0 Å². The van der Waals surface area contributed by atoms with Gasteiger partial charge in [0.15, 0.2) is 0 Å². The molecule has 3 aromatic heterocycles. The van der Waals surface area contributed by atoms with Crippen molar-refractivity contribution in [3.05, 3.63) is 163 Å². The first-order valence-electron chi connectivity index (χ1n) is 17.6. The van der Waals surface area contributed by atoms with E-state index < -0.39 is 0 Å². The molecular formula is C45H44IrN7O. The van der Waals surface area contributed by atoms with Crippen LogP contribution in [-0.2, 0) is 30.9 Å². The first-order valence-corrected chi connectivity index (χ1v) is 17.6. The predicted octanol–water partition coefficient (Wildman–Crippen LogP) is 11.3. The number of hydrogen-bond acceptors (Lipinski definition) is 6. The van der Waals surface area contributed by atoms with Crippen molar-refractivity contribution in [2.75, 3.05) is 4.90 Å². The topological polar surface area (TPSA) is 95.2 Å². The Morgan fingerprint density at radius 3 is 2.13 bits per heavy atom. The summed E-state index contributed by atoms with van der Waals surface area (Å²) in [5.41, 5.74) is 6.05. The Morgan fingerprint density at radius 1 is 0.815 bits per heavy atom. The third-order valence-corrected chi connectivity index (χ3v) is 8.53. The monoisotopic (exact) mass is 891 g/mol. The molecule has 0 aliphatic heterocycles. The molecule has 9 heteroatoms. The van der Waals surface area contributed by atoms with Gasteiger partial charge < -0.3 is 9.83 Å². The largest absolute Gasteiger partial charge is 3.00 e. The van der Waals surface area contributed by atoms with Crippen LogP contribution in [0.3, 0.4) is 0 Å². The van der Waals surface area contributed by atoms with Gasteiger partial charge >= 0.3 is 20.1 Å². The van der Waals surface area contributed by atoms with E-state index in [-0.39, 0.29) is 30.9 Å². The van der Waals surface area contributed by atoms with Gasteiger partial charge in [-0.1, -0.05) is 120 Å². The summed E-state index contributed by atoms with van der Waals surface area (Å²) < 4.78 is 8.06. The first kappa shape index (κ1) is 39.6. The quantitative estimate of drug-likeness (QED) is 0.0899. The Bertz CT molecular complexity index is 2380. The van der Waals surface area contributed by atoms with Crippen molar-refractivity contribution in [1.82, 2.24) is 24.5 Å². The molecule has 0 atom stereocenters. The van der Waals surface area contributed by atoms with Crippen LogP contribution in [0.1, 0.15) is 71.2 Å². The maximum absolute atomic E-state index is 8.70. The maximum Gasteiger partial charge on any atom is 3.00 e. The van der Waals surface area contributed by atoms with Crippen molar-refractivity contribution in [3.63, 3.8) is 0 Å². The van der Waals surface area contributed by atoms with Crippen LogP contribution in [0.5, 0.6) is 0 Å². The van der Waals surface area contributed by atoms with Gasteiger partial charge in [-0.05, 0) is 18.2 Å². The molecule has 54 heavy (non-hydrogen) atoms.